The van der Waals surface area contributed by atoms with Gasteiger partial charge >= 0.3 is 12.1 Å². The number of aryl methyl sites for hydroxylation is 1. The molecule has 1 aromatic rings. The Bertz CT molecular complexity index is 608. The number of aliphatic carboxylic acids is 1. The number of nitrogens with one attached hydrogen (secondary N) is 1. The predicted molar refractivity (Wildman–Crippen MR) is 104 cm³/mol. The van der Waals surface area contributed by atoms with Crippen molar-refractivity contribution >= 4 is 17.7 Å². The fourth-order valence-corrected chi connectivity index (χ4v) is 2.91. The Morgan fingerprint density at radius 1 is 1.23 bits per heavy atom. The number of likely N-dealkylation sites (N-methyl/N-ethyl adjacent to an activating group) is 1. The Kier molecular flexibility index (Phi) is 8.08. The second-order valence-corrected chi connectivity index (χ2v) is 7.90. The number of para-hydroxylation sites is 1. The van der Waals surface area contributed by atoms with E-state index < -0.39 is 23.7 Å². The molecule has 0 bridgehead atoms. The van der Waals surface area contributed by atoms with Gasteiger partial charge in [-0.25, -0.2) is 4.79 Å². The van der Waals surface area contributed by atoms with Gasteiger partial charge in [0.25, 0.3) is 0 Å². The van der Waals surface area contributed by atoms with Crippen molar-refractivity contribution in [3.63, 3.8) is 0 Å². The number of ether oxygens (including phenoxy) is 1. The van der Waals surface area contributed by atoms with Gasteiger partial charge in [-0.05, 0) is 64.8 Å². The smallest absolute Gasteiger partial charge is 0.412 e. The van der Waals surface area contributed by atoms with Gasteiger partial charge in [-0.1, -0.05) is 32.0 Å². The molecule has 0 saturated heterocycles. The lowest BCUT2D eigenvalue weighted by Gasteiger charge is -2.27. The van der Waals surface area contributed by atoms with Crippen LogP contribution in [0.3, 0.4) is 0 Å². The van der Waals surface area contributed by atoms with Crippen LogP contribution >= 0.6 is 0 Å². The monoisotopic (exact) mass is 364 g/mol. The molecule has 0 aliphatic rings. The zero-order valence-corrected chi connectivity index (χ0v) is 16.7. The molecule has 6 heteroatoms. The standard InChI is InChI=1S/C20H32N2O4/c1-14(2)17(18(23)24)22(6)13-9-11-15-10-7-8-12-16(15)21-19(25)26-20(3,4)5/h7-8,10,12,14,17H,9,11,13H2,1-6H3,(H,21,25)(H,23,24). The fraction of sp³-hybridized carbons (Fsp3) is 0.600. The first kappa shape index (κ1) is 22.0. The van der Waals surface area contributed by atoms with Crippen molar-refractivity contribution < 1.29 is 19.4 Å². The van der Waals surface area contributed by atoms with E-state index in [2.05, 4.69) is 5.32 Å². The molecule has 1 atom stereocenters. The predicted octanol–water partition coefficient (Wildman–Crippen LogP) is 4.01. The van der Waals surface area contributed by atoms with Crippen molar-refractivity contribution in [3.8, 4) is 0 Å². The lowest BCUT2D eigenvalue weighted by Crippen LogP contribution is -2.42. The number of hydrogen-bond donors (Lipinski definition) is 2. The lowest BCUT2D eigenvalue weighted by molar-refractivity contribution is -0.144. The second-order valence-electron chi connectivity index (χ2n) is 7.90. The van der Waals surface area contributed by atoms with Gasteiger partial charge in [0.05, 0.1) is 0 Å². The summed E-state index contributed by atoms with van der Waals surface area (Å²) in [7, 11) is 1.84. The molecule has 0 radical (unpaired) electrons. The molecule has 0 aromatic heterocycles. The highest BCUT2D eigenvalue weighted by Crippen LogP contribution is 2.19. The van der Waals surface area contributed by atoms with Crippen LogP contribution < -0.4 is 5.32 Å². The number of carbonyl (C=O) groups excluding carboxylic acids is 1. The summed E-state index contributed by atoms with van der Waals surface area (Å²) >= 11 is 0. The Balaban J connectivity index is 2.66. The van der Waals surface area contributed by atoms with Crippen LogP contribution in [-0.4, -0.2) is 47.3 Å². The van der Waals surface area contributed by atoms with E-state index >= 15 is 0 Å². The maximum atomic E-state index is 12.0. The minimum Gasteiger partial charge on any atom is -0.480 e. The average molecular weight is 364 g/mol. The van der Waals surface area contributed by atoms with E-state index in [4.69, 9.17) is 4.74 Å². The number of rotatable bonds is 8. The molecule has 26 heavy (non-hydrogen) atoms. The molecule has 1 aromatic carbocycles. The molecule has 1 amide bonds. The number of carboxylic acids is 1. The summed E-state index contributed by atoms with van der Waals surface area (Å²) in [6.45, 7) is 9.95. The van der Waals surface area contributed by atoms with Crippen LogP contribution in [0.4, 0.5) is 10.5 Å². The molecular formula is C20H32N2O4. The van der Waals surface area contributed by atoms with Crippen LogP contribution in [0.15, 0.2) is 24.3 Å². The number of carbonyl (C=O) groups is 2. The van der Waals surface area contributed by atoms with Gasteiger partial charge in [0.1, 0.15) is 11.6 Å². The Morgan fingerprint density at radius 2 is 1.85 bits per heavy atom. The highest BCUT2D eigenvalue weighted by Gasteiger charge is 2.25. The van der Waals surface area contributed by atoms with Crippen LogP contribution in [0.5, 0.6) is 0 Å². The molecule has 0 saturated carbocycles. The van der Waals surface area contributed by atoms with Gasteiger partial charge in [0, 0.05) is 5.69 Å². The highest BCUT2D eigenvalue weighted by molar-refractivity contribution is 5.85. The van der Waals surface area contributed by atoms with Gasteiger partial charge in [-0.3, -0.25) is 15.0 Å². The second kappa shape index (κ2) is 9.57. The van der Waals surface area contributed by atoms with Crippen molar-refractivity contribution in [2.24, 2.45) is 5.92 Å². The Morgan fingerprint density at radius 3 is 2.38 bits per heavy atom. The summed E-state index contributed by atoms with van der Waals surface area (Å²) in [4.78, 5) is 25.3. The molecule has 1 rings (SSSR count). The van der Waals surface area contributed by atoms with Gasteiger partial charge < -0.3 is 9.84 Å². The Labute approximate surface area is 156 Å². The first-order valence-corrected chi connectivity index (χ1v) is 9.02. The van der Waals surface area contributed by atoms with Crippen molar-refractivity contribution in [1.82, 2.24) is 4.90 Å². The van der Waals surface area contributed by atoms with E-state index in [0.29, 0.717) is 6.54 Å². The van der Waals surface area contributed by atoms with Crippen LogP contribution in [0.1, 0.15) is 46.6 Å². The lowest BCUT2D eigenvalue weighted by atomic mass is 10.0. The summed E-state index contributed by atoms with van der Waals surface area (Å²) in [5.41, 5.74) is 1.18. The summed E-state index contributed by atoms with van der Waals surface area (Å²) in [6.07, 6.45) is 1.05. The van der Waals surface area contributed by atoms with Crippen LogP contribution in [0.25, 0.3) is 0 Å². The van der Waals surface area contributed by atoms with Crippen molar-refractivity contribution in [2.75, 3.05) is 18.9 Å². The third kappa shape index (κ3) is 7.44. The SMILES string of the molecule is CC(C)C(C(=O)O)N(C)CCCc1ccccc1NC(=O)OC(C)(C)C. The fourth-order valence-electron chi connectivity index (χ4n) is 2.91. The molecule has 6 nitrogen and oxygen atoms in total. The average Bonchev–Trinajstić information content (AvgIpc) is 2.46. The van der Waals surface area contributed by atoms with Crippen molar-refractivity contribution in [3.05, 3.63) is 29.8 Å². The van der Waals surface area contributed by atoms with E-state index in [1.54, 1.807) is 0 Å². The van der Waals surface area contributed by atoms with Crippen molar-refractivity contribution in [2.45, 2.75) is 59.1 Å². The summed E-state index contributed by atoms with van der Waals surface area (Å²) in [6, 6.07) is 7.10. The quantitative estimate of drug-likeness (QED) is 0.729. The van der Waals surface area contributed by atoms with Gasteiger partial charge in [0.2, 0.25) is 0 Å². The molecule has 1 unspecified atom stereocenters. The number of carboxylic acid groups (broad SMARTS) is 1. The zero-order valence-electron chi connectivity index (χ0n) is 16.7. The minimum absolute atomic E-state index is 0.0404. The third-order valence-electron chi connectivity index (χ3n) is 3.97. The molecule has 0 fully saturated rings. The highest BCUT2D eigenvalue weighted by atomic mass is 16.6. The summed E-state index contributed by atoms with van der Waals surface area (Å²) in [5, 5.41) is 12.2. The molecule has 0 aliphatic heterocycles. The van der Waals surface area contributed by atoms with Gasteiger partial charge in [0.15, 0.2) is 0 Å². The van der Waals surface area contributed by atoms with E-state index in [1.165, 1.54) is 0 Å². The molecule has 146 valence electrons. The minimum atomic E-state index is -0.797. The van der Waals surface area contributed by atoms with Crippen LogP contribution in [0.2, 0.25) is 0 Å². The van der Waals surface area contributed by atoms with Crippen LogP contribution in [0, 0.1) is 5.92 Å². The summed E-state index contributed by atoms with van der Waals surface area (Å²) in [5.74, 6) is -0.756. The van der Waals surface area contributed by atoms with Crippen LogP contribution in [-0.2, 0) is 16.0 Å². The molecular weight excluding hydrogens is 332 g/mol. The molecule has 2 N–H and O–H groups in total. The van der Waals surface area contributed by atoms with Gasteiger partial charge in [-0.15, -0.1) is 0 Å². The third-order valence-corrected chi connectivity index (χ3v) is 3.97. The Hall–Kier alpha value is -2.08. The maximum Gasteiger partial charge on any atom is 0.412 e. The summed E-state index contributed by atoms with van der Waals surface area (Å²) < 4.78 is 5.30. The molecule has 0 aliphatic carbocycles. The molecule has 0 heterocycles. The van der Waals surface area contributed by atoms with Crippen molar-refractivity contribution in [1.29, 1.82) is 0 Å². The van der Waals surface area contributed by atoms with E-state index in [9.17, 15) is 14.7 Å². The molecule has 0 spiro atoms. The number of hydrogen-bond acceptors (Lipinski definition) is 4. The first-order valence-electron chi connectivity index (χ1n) is 9.02. The topological polar surface area (TPSA) is 78.9 Å². The first-order chi connectivity index (χ1) is 12.0. The normalized spacial score (nSPS) is 12.9. The number of benzene rings is 1. The van der Waals surface area contributed by atoms with E-state index in [-0.39, 0.29) is 5.92 Å². The number of nitrogens with zero attached hydrogens (tertiary/aromatic N) is 1. The largest absolute Gasteiger partial charge is 0.480 e. The van der Waals surface area contributed by atoms with E-state index in [1.807, 2.05) is 70.8 Å². The maximum absolute atomic E-state index is 12.0. The van der Waals surface area contributed by atoms with E-state index in [0.717, 1.165) is 24.1 Å². The zero-order chi connectivity index (χ0) is 19.9. The van der Waals surface area contributed by atoms with Gasteiger partial charge in [-0.2, -0.15) is 0 Å². The number of amides is 1. The number of anilines is 1.